The molecule has 0 radical (unpaired) electrons. The molecule has 112 valence electrons. The van der Waals surface area contributed by atoms with Gasteiger partial charge in [-0.15, -0.1) is 0 Å². The fourth-order valence-electron chi connectivity index (χ4n) is 1.49. The van der Waals surface area contributed by atoms with Crippen molar-refractivity contribution >= 4 is 23.7 Å². The first kappa shape index (κ1) is 14.8. The van der Waals surface area contributed by atoms with E-state index in [2.05, 4.69) is 14.9 Å². The number of nitro benzene ring substituents is 1. The lowest BCUT2D eigenvalue weighted by Crippen LogP contribution is -2.16. The normalized spacial score (nSPS) is 10.5. The van der Waals surface area contributed by atoms with Gasteiger partial charge >= 0.3 is 11.8 Å². The molecule has 1 heterocycles. The van der Waals surface area contributed by atoms with Crippen LogP contribution in [0.2, 0.25) is 0 Å². The maximum Gasteiger partial charge on any atom is 0.433 e. The van der Waals surface area contributed by atoms with Crippen LogP contribution in [0.5, 0.6) is 0 Å². The van der Waals surface area contributed by atoms with Crippen LogP contribution in [-0.4, -0.2) is 22.0 Å². The van der Waals surface area contributed by atoms with E-state index in [0.29, 0.717) is 5.56 Å². The Labute approximate surface area is 122 Å². The van der Waals surface area contributed by atoms with E-state index >= 15 is 0 Å². The second-order valence-corrected chi connectivity index (χ2v) is 3.95. The number of carbonyl (C=O) groups is 1. The van der Waals surface area contributed by atoms with Crippen LogP contribution in [-0.2, 0) is 0 Å². The average molecular weight is 304 g/mol. The highest BCUT2D eigenvalue weighted by Gasteiger charge is 2.16. The number of carbonyl (C=O) groups excluding carboxylic acids is 1. The van der Waals surface area contributed by atoms with Gasteiger partial charge in [-0.2, -0.15) is 5.10 Å². The van der Waals surface area contributed by atoms with Gasteiger partial charge in [-0.3, -0.25) is 25.0 Å². The van der Waals surface area contributed by atoms with Crippen molar-refractivity contribution in [3.63, 3.8) is 0 Å². The van der Waals surface area contributed by atoms with Crippen LogP contribution in [0, 0.1) is 20.2 Å². The van der Waals surface area contributed by atoms with Gasteiger partial charge in [-0.1, -0.05) is 12.1 Å². The molecule has 1 N–H and O–H groups in total. The first-order valence-electron chi connectivity index (χ1n) is 5.79. The fourth-order valence-corrected chi connectivity index (χ4v) is 1.49. The molecule has 0 aliphatic rings. The summed E-state index contributed by atoms with van der Waals surface area (Å²) in [5.41, 5.74) is 2.38. The summed E-state index contributed by atoms with van der Waals surface area (Å²) in [7, 11) is 0. The van der Waals surface area contributed by atoms with Crippen LogP contribution in [0.25, 0.3) is 0 Å². The van der Waals surface area contributed by atoms with Crippen molar-refractivity contribution in [2.45, 2.75) is 0 Å². The van der Waals surface area contributed by atoms with E-state index in [4.69, 9.17) is 0 Å². The van der Waals surface area contributed by atoms with Crippen LogP contribution >= 0.6 is 0 Å². The average Bonchev–Trinajstić information content (AvgIpc) is 2.97. The van der Waals surface area contributed by atoms with Crippen molar-refractivity contribution < 1.29 is 19.1 Å². The molecule has 1 amide bonds. The first-order valence-corrected chi connectivity index (χ1v) is 5.79. The molecule has 10 nitrogen and oxygen atoms in total. The number of furan rings is 1. The van der Waals surface area contributed by atoms with Gasteiger partial charge in [0.1, 0.15) is 4.92 Å². The van der Waals surface area contributed by atoms with E-state index in [0.717, 1.165) is 12.1 Å². The van der Waals surface area contributed by atoms with E-state index in [1.165, 1.54) is 24.4 Å². The summed E-state index contributed by atoms with van der Waals surface area (Å²) in [4.78, 5) is 31.3. The first-order chi connectivity index (χ1) is 10.5. The van der Waals surface area contributed by atoms with Crippen molar-refractivity contribution in [3.8, 4) is 0 Å². The summed E-state index contributed by atoms with van der Waals surface area (Å²) >= 11 is 0. The molecule has 0 fully saturated rings. The highest BCUT2D eigenvalue weighted by Crippen LogP contribution is 2.15. The Balaban J connectivity index is 2.02. The number of amides is 1. The molecule has 1 aromatic carbocycles. The minimum atomic E-state index is -0.783. The molecule has 0 bridgehead atoms. The molecule has 10 heteroatoms. The lowest BCUT2D eigenvalue weighted by atomic mass is 10.2. The van der Waals surface area contributed by atoms with Gasteiger partial charge in [0.25, 0.3) is 5.69 Å². The fraction of sp³-hybridized carbons (Fsp3) is 0. The molecule has 0 aliphatic carbocycles. The molecule has 0 spiro atoms. The Bertz CT molecular complexity index is 766. The third kappa shape index (κ3) is 3.50. The van der Waals surface area contributed by atoms with E-state index in [9.17, 15) is 25.0 Å². The topological polar surface area (TPSA) is 141 Å². The summed E-state index contributed by atoms with van der Waals surface area (Å²) in [5, 5.41) is 24.6. The molecule has 0 unspecified atom stereocenters. The molecule has 22 heavy (non-hydrogen) atoms. The predicted octanol–water partition coefficient (Wildman–Crippen LogP) is 1.86. The van der Waals surface area contributed by atoms with E-state index in [1.807, 2.05) is 0 Å². The second kappa shape index (κ2) is 6.26. The molecule has 0 saturated heterocycles. The Morgan fingerprint density at radius 2 is 1.95 bits per heavy atom. The Morgan fingerprint density at radius 3 is 2.59 bits per heavy atom. The van der Waals surface area contributed by atoms with Gasteiger partial charge in [-0.25, -0.2) is 5.43 Å². The number of nitrogens with zero attached hydrogens (tertiary/aromatic N) is 3. The molecule has 0 atom stereocenters. The molecule has 2 rings (SSSR count). The number of hydrogen-bond donors (Lipinski definition) is 1. The van der Waals surface area contributed by atoms with Crippen LogP contribution < -0.4 is 5.43 Å². The van der Waals surface area contributed by atoms with Crippen molar-refractivity contribution in [2.24, 2.45) is 5.10 Å². The van der Waals surface area contributed by atoms with Gasteiger partial charge in [0.15, 0.2) is 0 Å². The molecule has 1 aromatic heterocycles. The van der Waals surface area contributed by atoms with Crippen LogP contribution in [0.3, 0.4) is 0 Å². The summed E-state index contributed by atoms with van der Waals surface area (Å²) in [5.74, 6) is -1.62. The maximum atomic E-state index is 11.6. The highest BCUT2D eigenvalue weighted by atomic mass is 16.6. The number of benzene rings is 1. The SMILES string of the molecule is O=C(NN=Cc1cccc([N+](=O)[O-])c1)c1ccc([N+](=O)[O-])o1. The Morgan fingerprint density at radius 1 is 1.18 bits per heavy atom. The molecule has 0 aliphatic heterocycles. The minimum Gasteiger partial charge on any atom is -0.395 e. The number of rotatable bonds is 5. The smallest absolute Gasteiger partial charge is 0.395 e. The third-order valence-electron chi connectivity index (χ3n) is 2.46. The minimum absolute atomic E-state index is 0.114. The summed E-state index contributed by atoms with van der Waals surface area (Å²) in [6, 6.07) is 7.79. The quantitative estimate of drug-likeness (QED) is 0.507. The number of hydrazone groups is 1. The zero-order chi connectivity index (χ0) is 16.1. The lowest BCUT2D eigenvalue weighted by molar-refractivity contribution is -0.402. The monoisotopic (exact) mass is 304 g/mol. The van der Waals surface area contributed by atoms with Gasteiger partial charge in [0, 0.05) is 17.7 Å². The number of nitro groups is 2. The van der Waals surface area contributed by atoms with Crippen LogP contribution in [0.15, 0.2) is 45.9 Å². The van der Waals surface area contributed by atoms with E-state index < -0.39 is 21.6 Å². The summed E-state index contributed by atoms with van der Waals surface area (Å²) in [6.07, 6.45) is 1.20. The third-order valence-corrected chi connectivity index (χ3v) is 2.46. The van der Waals surface area contributed by atoms with Crippen LogP contribution in [0.1, 0.15) is 16.1 Å². The van der Waals surface area contributed by atoms with Gasteiger partial charge < -0.3 is 4.42 Å². The Hall–Kier alpha value is -3.56. The van der Waals surface area contributed by atoms with Crippen LogP contribution in [0.4, 0.5) is 11.6 Å². The van der Waals surface area contributed by atoms with Crippen molar-refractivity contribution in [1.82, 2.24) is 5.43 Å². The molecule has 2 aromatic rings. The Kier molecular flexibility index (Phi) is 4.22. The highest BCUT2D eigenvalue weighted by molar-refractivity contribution is 5.92. The number of hydrogen-bond acceptors (Lipinski definition) is 7. The zero-order valence-electron chi connectivity index (χ0n) is 10.8. The summed E-state index contributed by atoms with van der Waals surface area (Å²) in [6.45, 7) is 0. The molecular weight excluding hydrogens is 296 g/mol. The van der Waals surface area contributed by atoms with E-state index in [-0.39, 0.29) is 11.4 Å². The summed E-state index contributed by atoms with van der Waals surface area (Å²) < 4.78 is 4.69. The maximum absolute atomic E-state index is 11.6. The van der Waals surface area contributed by atoms with E-state index in [1.54, 1.807) is 6.07 Å². The van der Waals surface area contributed by atoms with Crippen molar-refractivity contribution in [3.05, 3.63) is 68.0 Å². The van der Waals surface area contributed by atoms with Crippen molar-refractivity contribution in [2.75, 3.05) is 0 Å². The largest absolute Gasteiger partial charge is 0.433 e. The molecular formula is C12H8N4O6. The van der Waals surface area contributed by atoms with Gasteiger partial charge in [0.2, 0.25) is 5.76 Å². The number of nitrogens with one attached hydrogen (secondary N) is 1. The number of non-ortho nitro benzene ring substituents is 1. The zero-order valence-corrected chi connectivity index (χ0v) is 10.8. The second-order valence-electron chi connectivity index (χ2n) is 3.95. The lowest BCUT2D eigenvalue weighted by Gasteiger charge is -1.96. The molecule has 0 saturated carbocycles. The van der Waals surface area contributed by atoms with Gasteiger partial charge in [-0.05, 0) is 6.07 Å². The predicted molar refractivity (Wildman–Crippen MR) is 73.5 cm³/mol. The standard InChI is InChI=1S/C12H8N4O6/c17-12(10-4-5-11(22-10)16(20)21)14-13-7-8-2-1-3-9(6-8)15(18)19/h1-7H,(H,14,17). The van der Waals surface area contributed by atoms with Gasteiger partial charge in [0.05, 0.1) is 17.2 Å². The van der Waals surface area contributed by atoms with Crippen molar-refractivity contribution in [1.29, 1.82) is 0 Å².